The molecule has 0 fully saturated rings. The van der Waals surface area contributed by atoms with Crippen molar-refractivity contribution in [1.82, 2.24) is 20.9 Å². The van der Waals surface area contributed by atoms with Crippen molar-refractivity contribution < 1.29 is 44.0 Å². The first-order chi connectivity index (χ1) is 23.1. The number of ether oxygens (including phenoxy) is 1. The van der Waals surface area contributed by atoms with Gasteiger partial charge in [0.05, 0.1) is 6.04 Å². The number of nitrogens with two attached hydrogens (primary N) is 1. The highest BCUT2D eigenvalue weighted by Gasteiger charge is 2.26. The van der Waals surface area contributed by atoms with Gasteiger partial charge in [0.2, 0.25) is 11.8 Å². The largest absolute Gasteiger partial charge is 0.446 e. The Labute approximate surface area is 299 Å². The van der Waals surface area contributed by atoms with E-state index in [-0.39, 0.29) is 40.5 Å². The standard InChI is InChI=1S/C28H45N5O6.C4H8O.C3H8.CH2O.4H2/c1-5-6-12-21(13-10-17-31-26(37)25(29)28(2,3)4)39-27(38)32-19-11-18-30-22(34)14-8-7-9-20-33-23(35)15-16-24(33)36;1-3-4(2)5;1-3-2;1-2;;;;/h5-6,10,15-17,21,25H,7-9,11-14,18-20,29H2,1-4H3,(H,30,34)(H,31,37)(H,32,38);3H2,1-2H3;3H2,1-2H3;1H2;4*1H/b6-5-,17-10-;;;;;;;/t21-,25+;;;;;;;/m0......./s1. The lowest BCUT2D eigenvalue weighted by Gasteiger charge is -2.25. The summed E-state index contributed by atoms with van der Waals surface area (Å²) in [6.45, 7) is 18.4. The Morgan fingerprint density at radius 1 is 0.939 bits per heavy atom. The van der Waals surface area contributed by atoms with Gasteiger partial charge < -0.3 is 36.0 Å². The van der Waals surface area contributed by atoms with Crippen LogP contribution in [-0.4, -0.2) is 79.0 Å². The van der Waals surface area contributed by atoms with Gasteiger partial charge in [-0.1, -0.05) is 72.6 Å². The molecule has 0 aliphatic carbocycles. The zero-order chi connectivity index (χ0) is 38.3. The molecule has 0 radical (unpaired) electrons. The molecule has 5 N–H and O–H groups in total. The van der Waals surface area contributed by atoms with Gasteiger partial charge in [0.15, 0.2) is 0 Å². The molecule has 288 valence electrons. The number of rotatable bonds is 18. The van der Waals surface area contributed by atoms with Crippen molar-refractivity contribution >= 4 is 42.3 Å². The molecular weight excluding hydrogens is 630 g/mol. The number of nitrogens with zero attached hydrogens (tertiary/aromatic N) is 1. The van der Waals surface area contributed by atoms with Gasteiger partial charge in [-0.25, -0.2) is 4.79 Å². The molecule has 0 aromatic rings. The summed E-state index contributed by atoms with van der Waals surface area (Å²) >= 11 is 0. The Balaban J connectivity index is -0.000000269. The van der Waals surface area contributed by atoms with Gasteiger partial charge in [-0.15, -0.1) is 0 Å². The number of hydrogen-bond acceptors (Lipinski definition) is 9. The minimum absolute atomic E-state index is 0. The lowest BCUT2D eigenvalue weighted by atomic mass is 9.87. The zero-order valence-electron chi connectivity index (χ0n) is 31.1. The van der Waals surface area contributed by atoms with Crippen LogP contribution in [0.4, 0.5) is 4.79 Å². The second-order valence-electron chi connectivity index (χ2n) is 12.2. The minimum Gasteiger partial charge on any atom is -0.446 e. The molecule has 1 aliphatic rings. The average molecular weight is 702 g/mol. The summed E-state index contributed by atoms with van der Waals surface area (Å²) in [5.74, 6) is -0.683. The maximum Gasteiger partial charge on any atom is 0.407 e. The van der Waals surface area contributed by atoms with Crippen LogP contribution in [0.2, 0.25) is 0 Å². The first-order valence-corrected chi connectivity index (χ1v) is 17.0. The van der Waals surface area contributed by atoms with Crippen LogP contribution in [0.3, 0.4) is 0 Å². The van der Waals surface area contributed by atoms with E-state index < -0.39 is 18.2 Å². The second kappa shape index (κ2) is 31.2. The zero-order valence-corrected chi connectivity index (χ0v) is 31.1. The van der Waals surface area contributed by atoms with Crippen molar-refractivity contribution in [3.05, 3.63) is 36.6 Å². The molecule has 49 heavy (non-hydrogen) atoms. The van der Waals surface area contributed by atoms with Crippen LogP contribution in [0, 0.1) is 5.41 Å². The van der Waals surface area contributed by atoms with E-state index in [0.717, 1.165) is 6.42 Å². The molecule has 5 amide bonds. The third kappa shape index (κ3) is 28.6. The van der Waals surface area contributed by atoms with Gasteiger partial charge in [-0.2, -0.15) is 0 Å². The SMILES string of the molecule is C/C=C\C[C@@H](C/C=C\NC(=O)[C@@H](N)C(C)(C)C)OC(=O)NCCCNC(=O)CCCCCN1C(=O)C=CC1=O.C=O.CCC.CCC(C)=O.[HH].[HH].[HH].[HH]. The molecule has 0 saturated heterocycles. The molecule has 1 heterocycles. The number of nitrogens with one attached hydrogen (secondary N) is 3. The van der Waals surface area contributed by atoms with Gasteiger partial charge >= 0.3 is 6.09 Å². The molecule has 0 aromatic carbocycles. The van der Waals surface area contributed by atoms with E-state index in [1.807, 2.05) is 53.6 Å². The summed E-state index contributed by atoms with van der Waals surface area (Å²) in [6.07, 6.45) is 14.4. The number of unbranched alkanes of at least 4 members (excludes halogenated alkanes) is 2. The summed E-state index contributed by atoms with van der Waals surface area (Å²) in [6, 6.07) is -0.642. The van der Waals surface area contributed by atoms with Gasteiger partial charge in [0.25, 0.3) is 11.8 Å². The van der Waals surface area contributed by atoms with E-state index >= 15 is 0 Å². The lowest BCUT2D eigenvalue weighted by Crippen LogP contribution is -2.47. The summed E-state index contributed by atoms with van der Waals surface area (Å²) < 4.78 is 5.49. The Morgan fingerprint density at radius 3 is 1.98 bits per heavy atom. The predicted molar refractivity (Wildman–Crippen MR) is 202 cm³/mol. The van der Waals surface area contributed by atoms with Crippen LogP contribution < -0.4 is 21.7 Å². The number of ketones is 1. The first kappa shape index (κ1) is 49.3. The van der Waals surface area contributed by atoms with Crippen molar-refractivity contribution in [3.63, 3.8) is 0 Å². The Morgan fingerprint density at radius 2 is 1.47 bits per heavy atom. The number of alkyl carbamates (subject to hydrolysis) is 1. The second-order valence-corrected chi connectivity index (χ2v) is 12.2. The van der Waals surface area contributed by atoms with Gasteiger partial charge in [-0.05, 0) is 44.7 Å². The van der Waals surface area contributed by atoms with Crippen molar-refractivity contribution in [2.45, 2.75) is 125 Å². The maximum atomic E-state index is 12.2. The minimum atomic E-state index is -0.642. The van der Waals surface area contributed by atoms with Crippen molar-refractivity contribution in [1.29, 1.82) is 0 Å². The highest BCUT2D eigenvalue weighted by atomic mass is 16.6. The summed E-state index contributed by atoms with van der Waals surface area (Å²) in [7, 11) is 0. The summed E-state index contributed by atoms with van der Waals surface area (Å²) in [5, 5.41) is 8.16. The van der Waals surface area contributed by atoms with Crippen LogP contribution in [0.1, 0.15) is 119 Å². The highest BCUT2D eigenvalue weighted by molar-refractivity contribution is 6.12. The third-order valence-corrected chi connectivity index (χ3v) is 6.50. The molecule has 0 spiro atoms. The van der Waals surface area contributed by atoms with Crippen LogP contribution in [-0.2, 0) is 33.5 Å². The van der Waals surface area contributed by atoms with E-state index in [1.54, 1.807) is 13.0 Å². The number of hydrogen-bond donors (Lipinski definition) is 4. The molecule has 0 bridgehead atoms. The van der Waals surface area contributed by atoms with E-state index in [4.69, 9.17) is 15.3 Å². The predicted octanol–water partition coefficient (Wildman–Crippen LogP) is 5.63. The van der Waals surface area contributed by atoms with E-state index in [2.05, 4.69) is 29.8 Å². The first-order valence-electron chi connectivity index (χ1n) is 17.0. The molecule has 2 atom stereocenters. The summed E-state index contributed by atoms with van der Waals surface area (Å²) in [4.78, 5) is 78.2. The normalized spacial score (nSPS) is 13.3. The fraction of sp³-hybridized carbons (Fsp3) is 0.639. The number of amides is 5. The maximum absolute atomic E-state index is 12.2. The van der Waals surface area contributed by atoms with E-state index in [1.165, 1.54) is 29.7 Å². The number of Topliss-reactive ketones (excluding diaryl/α,β-unsaturated/α-hetero) is 1. The average Bonchev–Trinajstić information content (AvgIpc) is 3.38. The number of carbonyl (C=O) groups excluding carboxylic acids is 7. The summed E-state index contributed by atoms with van der Waals surface area (Å²) in [5.41, 5.74) is 5.58. The Hall–Kier alpha value is -4.13. The molecule has 1 rings (SSSR count). The third-order valence-electron chi connectivity index (χ3n) is 6.50. The van der Waals surface area contributed by atoms with E-state index in [9.17, 15) is 28.8 Å². The highest BCUT2D eigenvalue weighted by Crippen LogP contribution is 2.17. The molecule has 13 heteroatoms. The molecule has 1 aliphatic heterocycles. The van der Waals surface area contributed by atoms with Crippen molar-refractivity contribution in [3.8, 4) is 0 Å². The van der Waals surface area contributed by atoms with Crippen LogP contribution in [0.5, 0.6) is 0 Å². The molecule has 0 saturated carbocycles. The lowest BCUT2D eigenvalue weighted by molar-refractivity contribution is -0.137. The molecule has 13 nitrogen and oxygen atoms in total. The number of imide groups is 1. The molecular formula is C36H71N5O8. The smallest absolute Gasteiger partial charge is 0.407 e. The van der Waals surface area contributed by atoms with Crippen LogP contribution in [0.15, 0.2) is 36.6 Å². The van der Waals surface area contributed by atoms with Crippen LogP contribution in [0.25, 0.3) is 0 Å². The fourth-order valence-corrected chi connectivity index (χ4v) is 3.50. The number of allylic oxidation sites excluding steroid dienone is 1. The van der Waals surface area contributed by atoms with Crippen molar-refractivity contribution in [2.75, 3.05) is 19.6 Å². The molecule has 0 aromatic heterocycles. The molecule has 0 unspecified atom stereocenters. The van der Waals surface area contributed by atoms with Gasteiger partial charge in [0, 0.05) is 63.2 Å². The van der Waals surface area contributed by atoms with E-state index in [0.29, 0.717) is 64.6 Å². The van der Waals surface area contributed by atoms with Gasteiger partial charge in [0.1, 0.15) is 18.7 Å². The topological polar surface area (TPSA) is 194 Å². The fourth-order valence-electron chi connectivity index (χ4n) is 3.50. The number of carbonyl (C=O) groups is 7. The van der Waals surface area contributed by atoms with Crippen molar-refractivity contribution in [2.24, 2.45) is 11.1 Å². The Bertz CT molecular complexity index is 1070. The Kier molecular flexibility index (Phi) is 31.3. The quantitative estimate of drug-likeness (QED) is 0.0796. The van der Waals surface area contributed by atoms with Gasteiger partial charge in [-0.3, -0.25) is 24.1 Å². The van der Waals surface area contributed by atoms with Crippen LogP contribution >= 0.6 is 0 Å². The monoisotopic (exact) mass is 702 g/mol.